The van der Waals surface area contributed by atoms with Crippen molar-refractivity contribution in [3.8, 4) is 11.1 Å². The minimum absolute atomic E-state index is 0.0201. The minimum atomic E-state index is -0.452. The maximum absolute atomic E-state index is 15.0. The van der Waals surface area contributed by atoms with Crippen molar-refractivity contribution in [2.24, 2.45) is 4.99 Å². The summed E-state index contributed by atoms with van der Waals surface area (Å²) >= 11 is 6.36. The van der Waals surface area contributed by atoms with Crippen LogP contribution in [0.2, 0.25) is 0 Å². The molecule has 0 aliphatic carbocycles. The second-order valence-electron chi connectivity index (χ2n) is 8.56. The van der Waals surface area contributed by atoms with E-state index in [9.17, 15) is 9.59 Å². The molecule has 0 radical (unpaired) electrons. The molecule has 0 saturated heterocycles. The van der Waals surface area contributed by atoms with Gasteiger partial charge in [0.05, 0.1) is 10.7 Å². The first-order valence-corrected chi connectivity index (χ1v) is 12.5. The Morgan fingerprint density at radius 2 is 1.92 bits per heavy atom. The Morgan fingerprint density at radius 1 is 1.22 bits per heavy atom. The van der Waals surface area contributed by atoms with Crippen molar-refractivity contribution in [3.63, 3.8) is 0 Å². The maximum Gasteiger partial charge on any atom is 0.251 e. The SMILES string of the molecule is C=C(NC(=NC(C)CCCCNC=O)/C(Cl)=C\C)Nc1cc(C)c(-c2ccc(C(=O)NC)cc2)cc1F. The Kier molecular flexibility index (Phi) is 11.8. The first-order valence-electron chi connectivity index (χ1n) is 12.1. The highest BCUT2D eigenvalue weighted by atomic mass is 35.5. The van der Waals surface area contributed by atoms with Crippen LogP contribution in [0.25, 0.3) is 11.1 Å². The molecule has 198 valence electrons. The van der Waals surface area contributed by atoms with Gasteiger partial charge in [0.25, 0.3) is 5.91 Å². The van der Waals surface area contributed by atoms with Gasteiger partial charge in [-0.05, 0) is 81.0 Å². The van der Waals surface area contributed by atoms with Gasteiger partial charge in [0, 0.05) is 25.2 Å². The number of aliphatic imine (C=N–C) groups is 1. The third kappa shape index (κ3) is 9.06. The van der Waals surface area contributed by atoms with Gasteiger partial charge >= 0.3 is 0 Å². The van der Waals surface area contributed by atoms with Gasteiger partial charge in [-0.2, -0.15) is 0 Å². The molecule has 4 N–H and O–H groups in total. The lowest BCUT2D eigenvalue weighted by Gasteiger charge is -2.17. The summed E-state index contributed by atoms with van der Waals surface area (Å²) in [5.74, 6) is 0.126. The van der Waals surface area contributed by atoms with Crippen LogP contribution in [0.1, 0.15) is 49.0 Å². The topological polar surface area (TPSA) is 94.6 Å². The molecule has 0 aliphatic heterocycles. The van der Waals surface area contributed by atoms with E-state index in [1.165, 1.54) is 6.07 Å². The normalized spacial score (nSPS) is 12.5. The van der Waals surface area contributed by atoms with Crippen LogP contribution < -0.4 is 21.3 Å². The summed E-state index contributed by atoms with van der Waals surface area (Å²) in [6, 6.07) is 10.1. The largest absolute Gasteiger partial charge is 0.359 e. The zero-order valence-electron chi connectivity index (χ0n) is 21.8. The van der Waals surface area contributed by atoms with Crippen LogP contribution in [0.4, 0.5) is 10.1 Å². The van der Waals surface area contributed by atoms with E-state index in [1.807, 2.05) is 13.8 Å². The van der Waals surface area contributed by atoms with E-state index in [0.717, 1.165) is 36.0 Å². The number of unbranched alkanes of at least 4 members (excludes halogenated alkanes) is 1. The summed E-state index contributed by atoms with van der Waals surface area (Å²) in [6.45, 7) is 10.3. The van der Waals surface area contributed by atoms with Gasteiger partial charge in [0.1, 0.15) is 17.5 Å². The van der Waals surface area contributed by atoms with Crippen LogP contribution in [0.3, 0.4) is 0 Å². The van der Waals surface area contributed by atoms with E-state index in [0.29, 0.717) is 35.2 Å². The van der Waals surface area contributed by atoms with Gasteiger partial charge in [-0.25, -0.2) is 4.39 Å². The number of amidine groups is 1. The summed E-state index contributed by atoms with van der Waals surface area (Å²) in [4.78, 5) is 26.8. The molecule has 2 rings (SSSR count). The summed E-state index contributed by atoms with van der Waals surface area (Å²) in [7, 11) is 1.57. The lowest BCUT2D eigenvalue weighted by atomic mass is 9.98. The number of allylic oxidation sites excluding steroid dienone is 1. The molecular weight excluding hydrogens is 493 g/mol. The number of nitrogens with one attached hydrogen (secondary N) is 4. The molecule has 1 unspecified atom stereocenters. The molecule has 2 aromatic rings. The monoisotopic (exact) mass is 527 g/mol. The van der Waals surface area contributed by atoms with Gasteiger partial charge in [0.2, 0.25) is 6.41 Å². The maximum atomic E-state index is 15.0. The highest BCUT2D eigenvalue weighted by Crippen LogP contribution is 2.29. The van der Waals surface area contributed by atoms with E-state index >= 15 is 4.39 Å². The number of nitrogens with zero attached hydrogens (tertiary/aromatic N) is 1. The Balaban J connectivity index is 2.12. The predicted molar refractivity (Wildman–Crippen MR) is 150 cm³/mol. The van der Waals surface area contributed by atoms with Crippen LogP contribution in [0.15, 0.2) is 64.9 Å². The van der Waals surface area contributed by atoms with Crippen LogP contribution >= 0.6 is 11.6 Å². The standard InChI is InChI=1S/C28H35ClFN5O2/c1-6-24(29)27(33-19(3)9-7-8-14-32-17-36)35-20(4)34-26-15-18(2)23(16-25(26)30)21-10-12-22(13-11-21)28(37)31-5/h6,10-13,15-17,19,34H,4,7-9,14H2,1-3,5H3,(H,31,37)(H,32,36)(H,33,35)/b24-6+. The van der Waals surface area contributed by atoms with Crippen molar-refractivity contribution in [1.29, 1.82) is 0 Å². The van der Waals surface area contributed by atoms with Crippen molar-refractivity contribution >= 4 is 35.4 Å². The van der Waals surface area contributed by atoms with Gasteiger partial charge in [-0.1, -0.05) is 36.4 Å². The second kappa shape index (κ2) is 14.8. The summed E-state index contributed by atoms with van der Waals surface area (Å²) < 4.78 is 15.0. The summed E-state index contributed by atoms with van der Waals surface area (Å²) in [5, 5.41) is 11.7. The van der Waals surface area contributed by atoms with Crippen LogP contribution in [0.5, 0.6) is 0 Å². The molecule has 0 bridgehead atoms. The highest BCUT2D eigenvalue weighted by Gasteiger charge is 2.13. The van der Waals surface area contributed by atoms with E-state index in [-0.39, 0.29) is 17.6 Å². The fourth-order valence-electron chi connectivity index (χ4n) is 3.67. The predicted octanol–water partition coefficient (Wildman–Crippen LogP) is 5.48. The highest BCUT2D eigenvalue weighted by molar-refractivity contribution is 6.43. The number of anilines is 1. The van der Waals surface area contributed by atoms with Crippen molar-refractivity contribution in [2.45, 2.75) is 46.1 Å². The number of carbonyl (C=O) groups excluding carboxylic acids is 2. The number of hydrogen-bond donors (Lipinski definition) is 4. The molecule has 0 fully saturated rings. The molecule has 0 spiro atoms. The Hall–Kier alpha value is -3.65. The third-order valence-corrected chi connectivity index (χ3v) is 6.06. The number of hydrogen-bond acceptors (Lipinski definition) is 4. The third-order valence-electron chi connectivity index (χ3n) is 5.66. The fraction of sp³-hybridized carbons (Fsp3) is 0.321. The summed E-state index contributed by atoms with van der Waals surface area (Å²) in [6.07, 6.45) is 4.99. The lowest BCUT2D eigenvalue weighted by molar-refractivity contribution is -0.109. The molecule has 7 nitrogen and oxygen atoms in total. The molecular formula is C28H35ClFN5O2. The number of aryl methyl sites for hydroxylation is 1. The molecule has 0 aromatic heterocycles. The molecule has 9 heteroatoms. The van der Waals surface area contributed by atoms with Crippen LogP contribution in [-0.2, 0) is 4.79 Å². The van der Waals surface area contributed by atoms with E-state index in [4.69, 9.17) is 11.6 Å². The molecule has 1 atom stereocenters. The first-order chi connectivity index (χ1) is 17.7. The van der Waals surface area contributed by atoms with E-state index in [2.05, 4.69) is 32.8 Å². The number of halogens is 2. The van der Waals surface area contributed by atoms with Crippen LogP contribution in [0, 0.1) is 12.7 Å². The number of rotatable bonds is 13. The van der Waals surface area contributed by atoms with Crippen LogP contribution in [-0.4, -0.2) is 37.8 Å². The Labute approximate surface area is 223 Å². The smallest absolute Gasteiger partial charge is 0.251 e. The fourth-order valence-corrected chi connectivity index (χ4v) is 3.77. The van der Waals surface area contributed by atoms with Crippen molar-refractivity contribution in [3.05, 3.63) is 76.9 Å². The zero-order chi connectivity index (χ0) is 27.4. The Morgan fingerprint density at radius 3 is 2.54 bits per heavy atom. The van der Waals surface area contributed by atoms with E-state index < -0.39 is 5.82 Å². The minimum Gasteiger partial charge on any atom is -0.359 e. The van der Waals surface area contributed by atoms with Gasteiger partial charge < -0.3 is 21.3 Å². The molecule has 37 heavy (non-hydrogen) atoms. The van der Waals surface area contributed by atoms with Gasteiger partial charge in [-0.3, -0.25) is 14.6 Å². The number of benzene rings is 2. The molecule has 0 saturated carbocycles. The first kappa shape index (κ1) is 29.6. The molecule has 0 heterocycles. The van der Waals surface area contributed by atoms with Crippen molar-refractivity contribution < 1.29 is 14.0 Å². The molecule has 2 aromatic carbocycles. The second-order valence-corrected chi connectivity index (χ2v) is 8.97. The Bertz CT molecular complexity index is 1160. The average Bonchev–Trinajstić information content (AvgIpc) is 2.89. The van der Waals surface area contributed by atoms with Crippen molar-refractivity contribution in [1.82, 2.24) is 16.0 Å². The molecule has 0 aliphatic rings. The average molecular weight is 528 g/mol. The quantitative estimate of drug-likeness (QED) is 0.120. The number of amides is 2. The lowest BCUT2D eigenvalue weighted by Crippen LogP contribution is -2.28. The van der Waals surface area contributed by atoms with Gasteiger partial charge in [0.15, 0.2) is 0 Å². The zero-order valence-corrected chi connectivity index (χ0v) is 22.5. The van der Waals surface area contributed by atoms with Gasteiger partial charge in [-0.15, -0.1) is 0 Å². The summed E-state index contributed by atoms with van der Waals surface area (Å²) in [5.41, 5.74) is 3.17. The van der Waals surface area contributed by atoms with Crippen molar-refractivity contribution in [2.75, 3.05) is 18.9 Å². The van der Waals surface area contributed by atoms with E-state index in [1.54, 1.807) is 50.4 Å². The molecule has 2 amide bonds. The number of carbonyl (C=O) groups is 2.